The van der Waals surface area contributed by atoms with Gasteiger partial charge in [-0.15, -0.1) is 11.3 Å². The summed E-state index contributed by atoms with van der Waals surface area (Å²) in [5.74, 6) is -0.637. The van der Waals surface area contributed by atoms with Gasteiger partial charge in [0.25, 0.3) is 16.0 Å². The summed E-state index contributed by atoms with van der Waals surface area (Å²) in [4.78, 5) is 16.3. The number of nitrogens with two attached hydrogens (primary N) is 2. The van der Waals surface area contributed by atoms with Crippen LogP contribution >= 0.6 is 11.3 Å². The number of carbonyl (C=O) groups is 1. The number of amides is 1. The van der Waals surface area contributed by atoms with Crippen LogP contribution in [-0.4, -0.2) is 31.1 Å². The van der Waals surface area contributed by atoms with Crippen LogP contribution in [0, 0.1) is 0 Å². The van der Waals surface area contributed by atoms with Crippen molar-refractivity contribution in [3.05, 3.63) is 71.6 Å². The second-order valence-corrected chi connectivity index (χ2v) is 8.98. The van der Waals surface area contributed by atoms with Gasteiger partial charge in [0.15, 0.2) is 5.96 Å². The predicted octanol–water partition coefficient (Wildman–Crippen LogP) is 3.64. The first-order valence-electron chi connectivity index (χ1n) is 8.70. The van der Waals surface area contributed by atoms with Crippen LogP contribution in [0.25, 0.3) is 32.0 Å². The molecule has 0 atom stereocenters. The maximum Gasteiger partial charge on any atom is 0.290 e. The molecule has 9 heteroatoms. The monoisotopic (exact) mass is 441 g/mol. The quantitative estimate of drug-likeness (QED) is 0.247. The number of fused-ring (bicyclic) bond motifs is 2. The SMILES string of the molecule is CS(=O)(=O)O.NC(N)=NC(=O)c1cc2c(-c3cccc4ccccc34)cccc2s1. The Hall–Kier alpha value is -3.27. The van der Waals surface area contributed by atoms with Crippen LogP contribution < -0.4 is 11.5 Å². The second kappa shape index (κ2) is 8.62. The van der Waals surface area contributed by atoms with E-state index in [4.69, 9.17) is 16.0 Å². The summed E-state index contributed by atoms with van der Waals surface area (Å²) in [5.41, 5.74) is 12.9. The van der Waals surface area contributed by atoms with E-state index in [-0.39, 0.29) is 5.96 Å². The van der Waals surface area contributed by atoms with Crippen molar-refractivity contribution in [3.8, 4) is 11.1 Å². The average Bonchev–Trinajstić information content (AvgIpc) is 3.10. The zero-order chi connectivity index (χ0) is 21.9. The van der Waals surface area contributed by atoms with Gasteiger partial charge < -0.3 is 11.5 Å². The first-order valence-corrected chi connectivity index (χ1v) is 11.4. The molecule has 30 heavy (non-hydrogen) atoms. The molecule has 4 rings (SSSR count). The maximum absolute atomic E-state index is 12.1. The normalized spacial score (nSPS) is 11.0. The number of thiophene rings is 1. The highest BCUT2D eigenvalue weighted by Gasteiger charge is 2.14. The van der Waals surface area contributed by atoms with Gasteiger partial charge in [-0.05, 0) is 34.0 Å². The van der Waals surface area contributed by atoms with Gasteiger partial charge in [0.1, 0.15) is 0 Å². The highest BCUT2D eigenvalue weighted by Crippen LogP contribution is 2.37. The summed E-state index contributed by atoms with van der Waals surface area (Å²) in [6, 6.07) is 22.5. The van der Waals surface area contributed by atoms with Crippen LogP contribution in [0.3, 0.4) is 0 Å². The fourth-order valence-electron chi connectivity index (χ4n) is 3.03. The molecule has 1 amide bonds. The van der Waals surface area contributed by atoms with Crippen molar-refractivity contribution in [1.29, 1.82) is 0 Å². The number of rotatable bonds is 2. The molecule has 0 bridgehead atoms. The zero-order valence-electron chi connectivity index (χ0n) is 15.9. The lowest BCUT2D eigenvalue weighted by Crippen LogP contribution is -2.24. The summed E-state index contributed by atoms with van der Waals surface area (Å²) < 4.78 is 26.9. The van der Waals surface area contributed by atoms with E-state index in [0.29, 0.717) is 11.1 Å². The first-order chi connectivity index (χ1) is 14.1. The second-order valence-electron chi connectivity index (χ2n) is 6.43. The standard InChI is InChI=1S/C20H15N3OS.CH4O3S/c21-20(22)23-19(24)18-11-16-15(9-4-10-17(16)25-18)14-8-3-6-12-5-1-2-7-13(12)14;1-5(2,3)4/h1-11H,(H4,21,22,23,24);1H3,(H,2,3,4). The lowest BCUT2D eigenvalue weighted by Gasteiger charge is -2.08. The van der Waals surface area contributed by atoms with Crippen molar-refractivity contribution >= 4 is 54.2 Å². The molecular weight excluding hydrogens is 422 g/mol. The Morgan fingerprint density at radius 1 is 0.933 bits per heavy atom. The molecule has 0 fully saturated rings. The van der Waals surface area contributed by atoms with Crippen LogP contribution in [0.15, 0.2) is 71.7 Å². The number of carbonyl (C=O) groups excluding carboxylic acids is 1. The Kier molecular flexibility index (Phi) is 6.16. The molecule has 4 aromatic rings. The Bertz CT molecular complexity index is 1360. The lowest BCUT2D eigenvalue weighted by molar-refractivity contribution is 0.101. The largest absolute Gasteiger partial charge is 0.370 e. The van der Waals surface area contributed by atoms with Gasteiger partial charge in [-0.25, -0.2) is 0 Å². The smallest absolute Gasteiger partial charge is 0.290 e. The van der Waals surface area contributed by atoms with Crippen molar-refractivity contribution in [3.63, 3.8) is 0 Å². The molecule has 0 unspecified atom stereocenters. The predicted molar refractivity (Wildman–Crippen MR) is 122 cm³/mol. The van der Waals surface area contributed by atoms with Gasteiger partial charge >= 0.3 is 0 Å². The molecule has 0 radical (unpaired) electrons. The molecule has 0 spiro atoms. The number of nitrogens with zero attached hydrogens (tertiary/aromatic N) is 1. The Balaban J connectivity index is 0.000000461. The molecule has 0 aliphatic carbocycles. The fourth-order valence-corrected chi connectivity index (χ4v) is 4.01. The lowest BCUT2D eigenvalue weighted by atomic mass is 9.96. The summed E-state index contributed by atoms with van der Waals surface area (Å²) in [7, 11) is -3.67. The number of aliphatic imine (C=N–C) groups is 1. The van der Waals surface area contributed by atoms with Gasteiger partial charge in [0.05, 0.1) is 11.1 Å². The van der Waals surface area contributed by atoms with Crippen molar-refractivity contribution in [2.45, 2.75) is 0 Å². The zero-order valence-corrected chi connectivity index (χ0v) is 17.6. The average molecular weight is 442 g/mol. The molecule has 0 aliphatic heterocycles. The van der Waals surface area contributed by atoms with E-state index in [1.165, 1.54) is 22.1 Å². The molecule has 1 aromatic heterocycles. The third-order valence-corrected chi connectivity index (χ3v) is 5.17. The highest BCUT2D eigenvalue weighted by molar-refractivity contribution is 7.85. The fraction of sp³-hybridized carbons (Fsp3) is 0.0476. The summed E-state index contributed by atoms with van der Waals surface area (Å²) >= 11 is 1.39. The number of hydrogen-bond donors (Lipinski definition) is 3. The van der Waals surface area contributed by atoms with Gasteiger partial charge in [-0.2, -0.15) is 13.4 Å². The Morgan fingerprint density at radius 2 is 1.50 bits per heavy atom. The van der Waals surface area contributed by atoms with E-state index in [0.717, 1.165) is 21.2 Å². The number of hydrogen-bond acceptors (Lipinski definition) is 4. The van der Waals surface area contributed by atoms with Gasteiger partial charge in [0.2, 0.25) is 0 Å². The van der Waals surface area contributed by atoms with Gasteiger partial charge in [-0.1, -0.05) is 54.6 Å². The van der Waals surface area contributed by atoms with E-state index >= 15 is 0 Å². The summed E-state index contributed by atoms with van der Waals surface area (Å²) in [6.07, 6.45) is 0.715. The Labute approximate surface area is 177 Å². The minimum Gasteiger partial charge on any atom is -0.370 e. The minimum absolute atomic E-state index is 0.225. The molecule has 0 saturated carbocycles. The van der Waals surface area contributed by atoms with E-state index in [9.17, 15) is 13.2 Å². The Morgan fingerprint density at radius 3 is 2.17 bits per heavy atom. The third-order valence-electron chi connectivity index (χ3n) is 4.08. The summed E-state index contributed by atoms with van der Waals surface area (Å²) in [5, 5.41) is 3.39. The molecule has 1 heterocycles. The van der Waals surface area contributed by atoms with Crippen LogP contribution in [-0.2, 0) is 10.1 Å². The molecule has 3 aromatic carbocycles. The van der Waals surface area contributed by atoms with E-state index in [1.54, 1.807) is 0 Å². The van der Waals surface area contributed by atoms with Crippen LogP contribution in [0.2, 0.25) is 0 Å². The number of guanidine groups is 1. The molecular formula is C21H19N3O4S2. The van der Waals surface area contributed by atoms with Crippen molar-refractivity contribution in [1.82, 2.24) is 0 Å². The van der Waals surface area contributed by atoms with Crippen LogP contribution in [0.5, 0.6) is 0 Å². The highest BCUT2D eigenvalue weighted by atomic mass is 32.2. The molecule has 5 N–H and O–H groups in total. The van der Waals surface area contributed by atoms with Crippen LogP contribution in [0.4, 0.5) is 0 Å². The molecule has 154 valence electrons. The molecule has 7 nitrogen and oxygen atoms in total. The van der Waals surface area contributed by atoms with Crippen molar-refractivity contribution < 1.29 is 17.8 Å². The van der Waals surface area contributed by atoms with Crippen molar-refractivity contribution in [2.75, 3.05) is 6.26 Å². The van der Waals surface area contributed by atoms with Gasteiger partial charge in [0, 0.05) is 10.1 Å². The first kappa shape index (κ1) is 21.4. The number of benzene rings is 3. The minimum atomic E-state index is -3.67. The van der Waals surface area contributed by atoms with Gasteiger partial charge in [-0.3, -0.25) is 9.35 Å². The van der Waals surface area contributed by atoms with E-state index in [1.807, 2.05) is 36.4 Å². The molecule has 0 saturated heterocycles. The van der Waals surface area contributed by atoms with E-state index in [2.05, 4.69) is 35.3 Å². The molecule has 0 aliphatic rings. The topological polar surface area (TPSA) is 136 Å². The third kappa shape index (κ3) is 5.20. The maximum atomic E-state index is 12.1. The van der Waals surface area contributed by atoms with Crippen LogP contribution in [0.1, 0.15) is 9.67 Å². The van der Waals surface area contributed by atoms with E-state index < -0.39 is 16.0 Å². The van der Waals surface area contributed by atoms with Crippen molar-refractivity contribution in [2.24, 2.45) is 16.5 Å². The summed E-state index contributed by atoms with van der Waals surface area (Å²) in [6.45, 7) is 0.